The van der Waals surface area contributed by atoms with Crippen molar-refractivity contribution in [2.75, 3.05) is 31.6 Å². The molecular formula is C20H18FN5O3. The van der Waals surface area contributed by atoms with Gasteiger partial charge in [0.15, 0.2) is 11.6 Å². The predicted octanol–water partition coefficient (Wildman–Crippen LogP) is 3.57. The summed E-state index contributed by atoms with van der Waals surface area (Å²) in [6.45, 7) is 0. The van der Waals surface area contributed by atoms with Crippen molar-refractivity contribution in [2.45, 2.75) is 0 Å². The maximum Gasteiger partial charge on any atom is 0.244 e. The van der Waals surface area contributed by atoms with E-state index in [1.807, 2.05) is 0 Å². The van der Waals surface area contributed by atoms with E-state index in [4.69, 9.17) is 14.2 Å². The second kappa shape index (κ2) is 7.63. The van der Waals surface area contributed by atoms with Gasteiger partial charge in [0.1, 0.15) is 17.3 Å². The molecule has 4 rings (SSSR count). The van der Waals surface area contributed by atoms with Gasteiger partial charge in [0.05, 0.1) is 20.4 Å². The molecule has 1 aliphatic heterocycles. The Hall–Kier alpha value is -3.88. The van der Waals surface area contributed by atoms with E-state index in [0.717, 1.165) is 0 Å². The molecule has 0 bridgehead atoms. The summed E-state index contributed by atoms with van der Waals surface area (Å²) in [6, 6.07) is 11.3. The number of benzene rings is 2. The Bertz CT molecular complexity index is 1050. The standard InChI is InChI=1S/C20H18FN5O3/c1-26-18-17(11-22-20(24-18)23-14-6-4-13(21)5-7-14)29-19(25-26)12-8-15(27-2)10-16(9-12)28-3/h4-11H,1-3H3,(H,22,23,24). The smallest absolute Gasteiger partial charge is 0.244 e. The van der Waals surface area contributed by atoms with Crippen molar-refractivity contribution in [1.29, 1.82) is 0 Å². The molecule has 148 valence electrons. The fourth-order valence-electron chi connectivity index (χ4n) is 2.74. The van der Waals surface area contributed by atoms with Crippen molar-refractivity contribution in [3.63, 3.8) is 0 Å². The van der Waals surface area contributed by atoms with Gasteiger partial charge in [-0.05, 0) is 36.4 Å². The Morgan fingerprint density at radius 2 is 1.72 bits per heavy atom. The summed E-state index contributed by atoms with van der Waals surface area (Å²) in [5.74, 6) is 2.56. The molecule has 3 aromatic rings. The second-order valence-electron chi connectivity index (χ2n) is 6.15. The predicted molar refractivity (Wildman–Crippen MR) is 107 cm³/mol. The van der Waals surface area contributed by atoms with Gasteiger partial charge >= 0.3 is 0 Å². The van der Waals surface area contributed by atoms with Crippen LogP contribution in [0.4, 0.5) is 21.8 Å². The van der Waals surface area contributed by atoms with Crippen LogP contribution in [0.3, 0.4) is 0 Å². The maximum atomic E-state index is 13.1. The fourth-order valence-corrected chi connectivity index (χ4v) is 2.74. The third-order valence-corrected chi connectivity index (χ3v) is 4.19. The highest BCUT2D eigenvalue weighted by atomic mass is 19.1. The monoisotopic (exact) mass is 395 g/mol. The zero-order valence-electron chi connectivity index (χ0n) is 16.0. The number of rotatable bonds is 5. The van der Waals surface area contributed by atoms with E-state index in [1.54, 1.807) is 62.8 Å². The molecule has 1 N–H and O–H groups in total. The summed E-state index contributed by atoms with van der Waals surface area (Å²) in [5.41, 5.74) is 1.35. The number of methoxy groups -OCH3 is 2. The largest absolute Gasteiger partial charge is 0.497 e. The second-order valence-corrected chi connectivity index (χ2v) is 6.15. The molecule has 0 radical (unpaired) electrons. The summed E-state index contributed by atoms with van der Waals surface area (Å²) in [4.78, 5) is 8.70. The number of nitrogens with one attached hydrogen (secondary N) is 1. The number of hydrogen-bond acceptors (Lipinski definition) is 8. The number of anilines is 3. The van der Waals surface area contributed by atoms with Crippen LogP contribution < -0.4 is 24.5 Å². The van der Waals surface area contributed by atoms with Crippen molar-refractivity contribution in [2.24, 2.45) is 5.10 Å². The highest BCUT2D eigenvalue weighted by Crippen LogP contribution is 2.32. The lowest BCUT2D eigenvalue weighted by atomic mass is 10.2. The van der Waals surface area contributed by atoms with Crippen LogP contribution in [-0.2, 0) is 0 Å². The molecule has 0 fully saturated rings. The first-order chi connectivity index (χ1) is 14.1. The quantitative estimate of drug-likeness (QED) is 0.707. The summed E-state index contributed by atoms with van der Waals surface area (Å²) < 4.78 is 29.6. The first-order valence-electron chi connectivity index (χ1n) is 8.69. The Morgan fingerprint density at radius 1 is 1.03 bits per heavy atom. The van der Waals surface area contributed by atoms with Gasteiger partial charge in [0.2, 0.25) is 11.8 Å². The number of hydrazone groups is 1. The zero-order valence-corrected chi connectivity index (χ0v) is 16.0. The van der Waals surface area contributed by atoms with Crippen LogP contribution >= 0.6 is 0 Å². The Morgan fingerprint density at radius 3 is 2.38 bits per heavy atom. The molecule has 2 aromatic carbocycles. The summed E-state index contributed by atoms with van der Waals surface area (Å²) >= 11 is 0. The van der Waals surface area contributed by atoms with Crippen molar-refractivity contribution in [3.8, 4) is 17.2 Å². The molecule has 0 saturated carbocycles. The fraction of sp³-hybridized carbons (Fsp3) is 0.150. The minimum absolute atomic E-state index is 0.314. The molecule has 0 aliphatic carbocycles. The van der Waals surface area contributed by atoms with Gasteiger partial charge in [-0.2, -0.15) is 4.98 Å². The first-order valence-corrected chi connectivity index (χ1v) is 8.69. The van der Waals surface area contributed by atoms with Crippen LogP contribution in [-0.4, -0.2) is 37.1 Å². The molecule has 0 spiro atoms. The molecule has 29 heavy (non-hydrogen) atoms. The van der Waals surface area contributed by atoms with Gasteiger partial charge in [-0.1, -0.05) is 0 Å². The lowest BCUT2D eigenvalue weighted by Crippen LogP contribution is -2.25. The van der Waals surface area contributed by atoms with Crippen LogP contribution in [0.15, 0.2) is 53.8 Å². The van der Waals surface area contributed by atoms with Crippen LogP contribution in [0.25, 0.3) is 0 Å². The molecular weight excluding hydrogens is 377 g/mol. The molecule has 0 amide bonds. The van der Waals surface area contributed by atoms with E-state index < -0.39 is 0 Å². The lowest BCUT2D eigenvalue weighted by molar-refractivity contribution is 0.393. The normalized spacial score (nSPS) is 12.6. The van der Waals surface area contributed by atoms with Gasteiger partial charge in [0.25, 0.3) is 0 Å². The Balaban J connectivity index is 1.61. The molecule has 0 unspecified atom stereocenters. The van der Waals surface area contributed by atoms with Crippen LogP contribution in [0.1, 0.15) is 5.56 Å². The van der Waals surface area contributed by atoms with Crippen molar-refractivity contribution >= 4 is 23.4 Å². The molecule has 9 heteroatoms. The Kier molecular flexibility index (Phi) is 4.86. The molecule has 8 nitrogen and oxygen atoms in total. The summed E-state index contributed by atoms with van der Waals surface area (Å²) in [6.07, 6.45) is 1.55. The lowest BCUT2D eigenvalue weighted by Gasteiger charge is -2.23. The minimum atomic E-state index is -0.314. The highest BCUT2D eigenvalue weighted by molar-refractivity contribution is 5.98. The van der Waals surface area contributed by atoms with Crippen molar-refractivity contribution in [3.05, 3.63) is 60.0 Å². The number of fused-ring (bicyclic) bond motifs is 1. The Labute approximate surface area is 166 Å². The third-order valence-electron chi connectivity index (χ3n) is 4.19. The van der Waals surface area contributed by atoms with E-state index in [0.29, 0.717) is 46.2 Å². The zero-order chi connectivity index (χ0) is 20.4. The molecule has 2 heterocycles. The number of halogens is 1. The minimum Gasteiger partial charge on any atom is -0.497 e. The molecule has 1 aromatic heterocycles. The van der Waals surface area contributed by atoms with E-state index in [-0.39, 0.29) is 5.82 Å². The van der Waals surface area contributed by atoms with Gasteiger partial charge < -0.3 is 19.5 Å². The van der Waals surface area contributed by atoms with E-state index in [2.05, 4.69) is 20.4 Å². The SMILES string of the molecule is COc1cc(OC)cc(C2=NN(C)c3nc(Nc4ccc(F)cc4)ncc3O2)c1. The van der Waals surface area contributed by atoms with Gasteiger partial charge in [-0.3, -0.25) is 0 Å². The average molecular weight is 395 g/mol. The van der Waals surface area contributed by atoms with Gasteiger partial charge in [0, 0.05) is 24.4 Å². The molecule has 1 aliphatic rings. The van der Waals surface area contributed by atoms with Crippen molar-refractivity contribution in [1.82, 2.24) is 9.97 Å². The topological polar surface area (TPSA) is 81.1 Å². The number of hydrogen-bond donors (Lipinski definition) is 1. The molecule has 0 saturated heterocycles. The third kappa shape index (κ3) is 3.88. The van der Waals surface area contributed by atoms with Gasteiger partial charge in [-0.25, -0.2) is 14.4 Å². The average Bonchev–Trinajstić information content (AvgIpc) is 2.75. The highest BCUT2D eigenvalue weighted by Gasteiger charge is 2.23. The van der Waals surface area contributed by atoms with E-state index in [9.17, 15) is 4.39 Å². The van der Waals surface area contributed by atoms with Crippen molar-refractivity contribution < 1.29 is 18.6 Å². The maximum absolute atomic E-state index is 13.1. The van der Waals surface area contributed by atoms with Gasteiger partial charge in [-0.15, -0.1) is 5.10 Å². The van der Waals surface area contributed by atoms with Crippen LogP contribution in [0, 0.1) is 5.82 Å². The summed E-state index contributed by atoms with van der Waals surface area (Å²) in [5, 5.41) is 9.07. The van der Waals surface area contributed by atoms with E-state index in [1.165, 1.54) is 12.1 Å². The first kappa shape index (κ1) is 18.5. The number of ether oxygens (including phenoxy) is 3. The van der Waals surface area contributed by atoms with E-state index >= 15 is 0 Å². The van der Waals surface area contributed by atoms with Crippen LogP contribution in [0.2, 0.25) is 0 Å². The van der Waals surface area contributed by atoms with Crippen LogP contribution in [0.5, 0.6) is 17.2 Å². The molecule has 0 atom stereocenters. The summed E-state index contributed by atoms with van der Waals surface area (Å²) in [7, 11) is 4.91. The number of aromatic nitrogens is 2. The number of nitrogens with zero attached hydrogens (tertiary/aromatic N) is 4.